The average molecular weight is 302 g/mol. The van der Waals surface area contributed by atoms with Crippen molar-refractivity contribution >= 4 is 15.8 Å². The molecule has 0 radical (unpaired) electrons. The molecule has 1 saturated carbocycles. The van der Waals surface area contributed by atoms with E-state index < -0.39 is 22.2 Å². The van der Waals surface area contributed by atoms with Gasteiger partial charge >= 0.3 is 0 Å². The van der Waals surface area contributed by atoms with E-state index in [-0.39, 0.29) is 10.7 Å². The molecule has 1 aliphatic carbocycles. The molecule has 114 valence electrons. The normalized spacial score (nSPS) is 24.2. The van der Waals surface area contributed by atoms with Crippen LogP contribution >= 0.6 is 0 Å². The van der Waals surface area contributed by atoms with Crippen molar-refractivity contribution in [2.24, 2.45) is 0 Å². The smallest absolute Gasteiger partial charge is 0.248 e. The summed E-state index contributed by atoms with van der Waals surface area (Å²) in [7, 11) is -2.23. The molecule has 1 heterocycles. The van der Waals surface area contributed by atoms with Crippen LogP contribution in [0.1, 0.15) is 32.6 Å². The highest BCUT2D eigenvalue weighted by atomic mass is 32.2. The van der Waals surface area contributed by atoms with Crippen LogP contribution in [0.5, 0.6) is 0 Å². The molecule has 2 atom stereocenters. The van der Waals surface area contributed by atoms with Crippen LogP contribution in [0, 0.1) is 0 Å². The number of aliphatic hydroxyl groups is 1. The molecule has 8 heteroatoms. The number of hydrogen-bond donors (Lipinski definition) is 2. The minimum atomic E-state index is -3.73. The molecule has 1 aliphatic rings. The number of aromatic nitrogens is 2. The van der Waals surface area contributed by atoms with Crippen molar-refractivity contribution in [3.05, 3.63) is 6.20 Å². The third kappa shape index (κ3) is 2.68. The maximum Gasteiger partial charge on any atom is 0.248 e. The average Bonchev–Trinajstić information content (AvgIpc) is 2.80. The van der Waals surface area contributed by atoms with Crippen molar-refractivity contribution in [3.8, 4) is 0 Å². The Morgan fingerprint density at radius 3 is 2.70 bits per heavy atom. The van der Waals surface area contributed by atoms with Gasteiger partial charge in [0.1, 0.15) is 4.90 Å². The third-order valence-electron chi connectivity index (χ3n) is 3.90. The number of nitrogens with zero attached hydrogens (tertiary/aromatic N) is 3. The predicted octanol–water partition coefficient (Wildman–Crippen LogP) is 0.409. The quantitative estimate of drug-likeness (QED) is 0.839. The molecule has 1 aromatic heterocycles. The summed E-state index contributed by atoms with van der Waals surface area (Å²) in [6.07, 6.45) is 3.97. The summed E-state index contributed by atoms with van der Waals surface area (Å²) >= 11 is 0. The van der Waals surface area contributed by atoms with Crippen molar-refractivity contribution in [1.82, 2.24) is 14.1 Å². The zero-order chi connectivity index (χ0) is 14.9. The molecule has 0 aliphatic heterocycles. The molecule has 0 spiro atoms. The molecule has 2 unspecified atom stereocenters. The van der Waals surface area contributed by atoms with E-state index in [1.54, 1.807) is 0 Å². The maximum atomic E-state index is 12.6. The molecule has 7 nitrogen and oxygen atoms in total. The van der Waals surface area contributed by atoms with Gasteiger partial charge in [0, 0.05) is 19.8 Å². The second-order valence-electron chi connectivity index (χ2n) is 5.17. The van der Waals surface area contributed by atoms with Crippen molar-refractivity contribution in [3.63, 3.8) is 0 Å². The second-order valence-corrected chi connectivity index (χ2v) is 7.14. The van der Waals surface area contributed by atoms with Gasteiger partial charge in [-0.2, -0.15) is 9.40 Å². The molecule has 0 amide bonds. The number of hydrogen-bond acceptors (Lipinski definition) is 5. The molecule has 1 fully saturated rings. The van der Waals surface area contributed by atoms with E-state index in [1.165, 1.54) is 22.2 Å². The van der Waals surface area contributed by atoms with Crippen molar-refractivity contribution in [1.29, 1.82) is 0 Å². The molecule has 2 rings (SSSR count). The summed E-state index contributed by atoms with van der Waals surface area (Å²) in [5.41, 5.74) is 5.70. The lowest BCUT2D eigenvalue weighted by Crippen LogP contribution is -2.46. The molecule has 20 heavy (non-hydrogen) atoms. The number of nitrogen functional groups attached to an aromatic ring is 1. The number of aryl methyl sites for hydroxylation is 1. The van der Waals surface area contributed by atoms with Crippen LogP contribution in [-0.2, 0) is 16.6 Å². The number of aliphatic hydroxyl groups excluding tert-OH is 1. The summed E-state index contributed by atoms with van der Waals surface area (Å²) < 4.78 is 28.0. The van der Waals surface area contributed by atoms with Crippen LogP contribution in [0.4, 0.5) is 5.82 Å². The highest BCUT2D eigenvalue weighted by Gasteiger charge is 2.36. The van der Waals surface area contributed by atoms with E-state index in [9.17, 15) is 13.5 Å². The molecular formula is C12H22N4O3S. The van der Waals surface area contributed by atoms with E-state index in [0.29, 0.717) is 19.4 Å². The summed E-state index contributed by atoms with van der Waals surface area (Å²) in [4.78, 5) is 0.0135. The zero-order valence-corrected chi connectivity index (χ0v) is 12.7. The summed E-state index contributed by atoms with van der Waals surface area (Å²) in [6.45, 7) is 2.41. The van der Waals surface area contributed by atoms with Gasteiger partial charge in [0.15, 0.2) is 5.82 Å². The Hall–Kier alpha value is -1.12. The van der Waals surface area contributed by atoms with E-state index in [4.69, 9.17) is 5.73 Å². The van der Waals surface area contributed by atoms with E-state index >= 15 is 0 Å². The summed E-state index contributed by atoms with van der Waals surface area (Å²) in [6, 6.07) is -0.391. The molecule has 3 N–H and O–H groups in total. The fourth-order valence-corrected chi connectivity index (χ4v) is 4.10. The van der Waals surface area contributed by atoms with E-state index in [1.807, 2.05) is 6.92 Å². The van der Waals surface area contributed by atoms with Crippen molar-refractivity contribution < 1.29 is 13.5 Å². The Kier molecular flexibility index (Phi) is 4.36. The van der Waals surface area contributed by atoms with Crippen molar-refractivity contribution in [2.45, 2.75) is 56.2 Å². The lowest BCUT2D eigenvalue weighted by molar-refractivity contribution is 0.0638. The summed E-state index contributed by atoms with van der Waals surface area (Å²) in [5.74, 6) is 0.00370. The van der Waals surface area contributed by atoms with Gasteiger partial charge in [0.2, 0.25) is 10.0 Å². The standard InChI is InChI=1S/C12H22N4O3S/c1-3-16-8-11(12(13)14-16)20(18,19)15(2)9-6-4-5-7-10(9)17/h8-10,17H,3-7H2,1-2H3,(H2,13,14). The lowest BCUT2D eigenvalue weighted by atomic mass is 9.93. The first-order chi connectivity index (χ1) is 9.37. The Bertz CT molecular complexity index is 569. The van der Waals surface area contributed by atoms with Gasteiger partial charge < -0.3 is 10.8 Å². The van der Waals surface area contributed by atoms with E-state index in [2.05, 4.69) is 5.10 Å². The van der Waals surface area contributed by atoms with Gasteiger partial charge in [0.25, 0.3) is 0 Å². The van der Waals surface area contributed by atoms with Crippen LogP contribution in [0.15, 0.2) is 11.1 Å². The maximum absolute atomic E-state index is 12.6. The first-order valence-electron chi connectivity index (χ1n) is 6.87. The van der Waals surface area contributed by atoms with Gasteiger partial charge in [-0.3, -0.25) is 4.68 Å². The van der Waals surface area contributed by atoms with Crippen LogP contribution < -0.4 is 5.73 Å². The predicted molar refractivity (Wildman–Crippen MR) is 75.5 cm³/mol. The topological polar surface area (TPSA) is 101 Å². The Morgan fingerprint density at radius 1 is 1.50 bits per heavy atom. The van der Waals surface area contributed by atoms with Gasteiger partial charge in [-0.1, -0.05) is 12.8 Å². The molecule has 1 aromatic rings. The van der Waals surface area contributed by atoms with Crippen LogP contribution in [0.2, 0.25) is 0 Å². The molecule has 0 bridgehead atoms. The van der Waals surface area contributed by atoms with Crippen LogP contribution in [-0.4, -0.2) is 46.8 Å². The van der Waals surface area contributed by atoms with E-state index in [0.717, 1.165) is 12.8 Å². The molecule has 0 aromatic carbocycles. The fraction of sp³-hybridized carbons (Fsp3) is 0.750. The first kappa shape index (κ1) is 15.3. The highest BCUT2D eigenvalue weighted by Crippen LogP contribution is 2.28. The van der Waals surface area contributed by atoms with Crippen LogP contribution in [0.25, 0.3) is 0 Å². The second kappa shape index (κ2) is 5.71. The summed E-state index contributed by atoms with van der Waals surface area (Å²) in [5, 5.41) is 14.0. The number of rotatable bonds is 4. The fourth-order valence-electron chi connectivity index (χ4n) is 2.63. The van der Waals surface area contributed by atoms with Gasteiger partial charge in [-0.25, -0.2) is 8.42 Å². The SMILES string of the molecule is CCn1cc(S(=O)(=O)N(C)C2CCCCC2O)c(N)n1. The first-order valence-corrected chi connectivity index (χ1v) is 8.31. The highest BCUT2D eigenvalue weighted by molar-refractivity contribution is 7.89. The Labute approximate surface area is 119 Å². The Balaban J connectivity index is 2.31. The third-order valence-corrected chi connectivity index (χ3v) is 5.80. The monoisotopic (exact) mass is 302 g/mol. The number of sulfonamides is 1. The zero-order valence-electron chi connectivity index (χ0n) is 11.9. The van der Waals surface area contributed by atoms with Gasteiger partial charge in [-0.05, 0) is 19.8 Å². The van der Waals surface area contributed by atoms with Gasteiger partial charge in [0.05, 0.1) is 12.1 Å². The Morgan fingerprint density at radius 2 is 2.15 bits per heavy atom. The van der Waals surface area contributed by atoms with Crippen LogP contribution in [0.3, 0.4) is 0 Å². The number of likely N-dealkylation sites (N-methyl/N-ethyl adjacent to an activating group) is 1. The number of nitrogens with two attached hydrogens (primary N) is 1. The lowest BCUT2D eigenvalue weighted by Gasteiger charge is -2.34. The minimum Gasteiger partial charge on any atom is -0.391 e. The van der Waals surface area contributed by atoms with Gasteiger partial charge in [-0.15, -0.1) is 0 Å². The number of anilines is 1. The molecular weight excluding hydrogens is 280 g/mol. The largest absolute Gasteiger partial charge is 0.391 e. The van der Waals surface area contributed by atoms with Crippen molar-refractivity contribution in [2.75, 3.05) is 12.8 Å². The molecule has 0 saturated heterocycles. The minimum absolute atomic E-state index is 0.00370.